The third-order valence-corrected chi connectivity index (χ3v) is 2.63. The van der Waals surface area contributed by atoms with E-state index in [-0.39, 0.29) is 18.3 Å². The van der Waals surface area contributed by atoms with Crippen molar-refractivity contribution >= 4 is 40.8 Å². The zero-order valence-electron chi connectivity index (χ0n) is 9.27. The second kappa shape index (κ2) is 5.05. The van der Waals surface area contributed by atoms with Crippen molar-refractivity contribution in [2.24, 2.45) is 0 Å². The van der Waals surface area contributed by atoms with Gasteiger partial charge in [-0.1, -0.05) is 12.1 Å². The topological polar surface area (TPSA) is 78.5 Å². The van der Waals surface area contributed by atoms with Gasteiger partial charge in [0.25, 0.3) is 0 Å². The molecule has 0 atom stereocenters. The minimum Gasteiger partial charge on any atom is -0.323 e. The Hall–Kier alpha value is -2.08. The molecule has 0 saturated heterocycles. The number of halogens is 1. The molecule has 1 aromatic rings. The van der Waals surface area contributed by atoms with Crippen LogP contribution in [0.5, 0.6) is 0 Å². The lowest BCUT2D eigenvalue weighted by Gasteiger charge is -2.28. The van der Waals surface area contributed by atoms with Gasteiger partial charge < -0.3 is 5.32 Å². The van der Waals surface area contributed by atoms with Gasteiger partial charge in [0.1, 0.15) is 12.4 Å². The van der Waals surface area contributed by atoms with Gasteiger partial charge in [-0.2, -0.15) is 0 Å². The molecule has 1 aromatic carbocycles. The molecule has 94 valence electrons. The second-order valence-electron chi connectivity index (χ2n) is 3.64. The lowest BCUT2D eigenvalue weighted by atomic mass is 10.2. The summed E-state index contributed by atoms with van der Waals surface area (Å²) < 4.78 is 0. The first-order valence-corrected chi connectivity index (χ1v) is 5.71. The highest BCUT2D eigenvalue weighted by Gasteiger charge is 2.27. The number of benzene rings is 1. The molecular weight excluding hydrogens is 258 g/mol. The number of para-hydroxylation sites is 2. The number of fused-ring (bicyclic) bond motifs is 1. The first-order valence-electron chi connectivity index (χ1n) is 5.18. The Labute approximate surface area is 108 Å². The van der Waals surface area contributed by atoms with Gasteiger partial charge in [0, 0.05) is 0 Å². The largest absolute Gasteiger partial charge is 0.329 e. The normalized spacial score (nSPS) is 13.6. The zero-order chi connectivity index (χ0) is 13.1. The molecule has 2 rings (SSSR count). The second-order valence-corrected chi connectivity index (χ2v) is 3.91. The molecule has 2 N–H and O–H groups in total. The fraction of sp³-hybridized carbons (Fsp3) is 0.182. The van der Waals surface area contributed by atoms with Crippen LogP contribution in [-0.2, 0) is 9.59 Å². The number of anilines is 2. The van der Waals surface area contributed by atoms with Gasteiger partial charge in [0.05, 0.1) is 11.4 Å². The molecular formula is C11H10ClN3O3. The van der Waals surface area contributed by atoms with E-state index in [4.69, 9.17) is 11.6 Å². The number of hydrogen-bond donors (Lipinski definition) is 2. The van der Waals surface area contributed by atoms with E-state index in [1.54, 1.807) is 24.3 Å². The summed E-state index contributed by atoms with van der Waals surface area (Å²) in [7, 11) is 0. The first kappa shape index (κ1) is 12.4. The summed E-state index contributed by atoms with van der Waals surface area (Å²) in [5, 5.41) is 4.74. The van der Waals surface area contributed by atoms with Crippen molar-refractivity contribution in [2.75, 3.05) is 22.6 Å². The lowest BCUT2D eigenvalue weighted by molar-refractivity contribution is -0.118. The summed E-state index contributed by atoms with van der Waals surface area (Å²) in [5.74, 6) is -1.24. The third-order valence-electron chi connectivity index (χ3n) is 2.38. The van der Waals surface area contributed by atoms with E-state index in [1.165, 1.54) is 4.90 Å². The summed E-state index contributed by atoms with van der Waals surface area (Å²) in [6.07, 6.45) is 0. The molecule has 1 heterocycles. The number of carbonyl (C=O) groups is 3. The van der Waals surface area contributed by atoms with Crippen LogP contribution in [0.25, 0.3) is 0 Å². The summed E-state index contributed by atoms with van der Waals surface area (Å²) >= 11 is 5.30. The van der Waals surface area contributed by atoms with Crippen molar-refractivity contribution in [1.29, 1.82) is 0 Å². The van der Waals surface area contributed by atoms with Crippen LogP contribution in [0, 0.1) is 0 Å². The smallest absolute Gasteiger partial charge is 0.323 e. The Morgan fingerprint density at radius 1 is 1.39 bits per heavy atom. The molecule has 1 aliphatic rings. The fourth-order valence-corrected chi connectivity index (χ4v) is 1.70. The molecule has 0 spiro atoms. The predicted octanol–water partition coefficient (Wildman–Crippen LogP) is 0.920. The average molecular weight is 268 g/mol. The molecule has 4 amide bonds. The van der Waals surface area contributed by atoms with E-state index < -0.39 is 11.9 Å². The summed E-state index contributed by atoms with van der Waals surface area (Å²) in [6, 6.07) is 6.17. The van der Waals surface area contributed by atoms with Crippen LogP contribution in [0.4, 0.5) is 16.2 Å². The number of rotatable bonds is 1. The molecule has 0 fully saturated rings. The van der Waals surface area contributed by atoms with Gasteiger partial charge in [-0.05, 0) is 12.1 Å². The number of nitrogens with zero attached hydrogens (tertiary/aromatic N) is 1. The molecule has 0 saturated carbocycles. The van der Waals surface area contributed by atoms with Crippen LogP contribution >= 0.6 is 11.6 Å². The number of alkyl halides is 1. The average Bonchev–Trinajstić information content (AvgIpc) is 2.37. The van der Waals surface area contributed by atoms with Crippen molar-refractivity contribution < 1.29 is 14.4 Å². The van der Waals surface area contributed by atoms with Crippen LogP contribution in [0.3, 0.4) is 0 Å². The quantitative estimate of drug-likeness (QED) is 0.743. The van der Waals surface area contributed by atoms with Gasteiger partial charge in [-0.3, -0.25) is 19.8 Å². The highest BCUT2D eigenvalue weighted by atomic mass is 35.5. The number of hydrogen-bond acceptors (Lipinski definition) is 3. The first-order chi connectivity index (χ1) is 8.61. The van der Waals surface area contributed by atoms with Gasteiger partial charge in [-0.25, -0.2) is 4.79 Å². The minimum absolute atomic E-state index is 0.140. The van der Waals surface area contributed by atoms with Crippen LogP contribution in [0.15, 0.2) is 24.3 Å². The van der Waals surface area contributed by atoms with E-state index in [1.807, 2.05) is 0 Å². The summed E-state index contributed by atoms with van der Waals surface area (Å²) in [5.41, 5.74) is 1.07. The molecule has 0 aromatic heterocycles. The van der Waals surface area contributed by atoms with Crippen LogP contribution in [0.2, 0.25) is 0 Å². The van der Waals surface area contributed by atoms with E-state index in [0.717, 1.165) is 0 Å². The number of urea groups is 1. The van der Waals surface area contributed by atoms with Gasteiger partial charge in [0.15, 0.2) is 0 Å². The standard InChI is InChI=1S/C11H10ClN3O3/c12-5-9(16)14-11(18)15-6-10(17)13-7-3-1-2-4-8(7)15/h1-4H,5-6H2,(H,13,17)(H,14,16,18). The van der Waals surface area contributed by atoms with E-state index >= 15 is 0 Å². The summed E-state index contributed by atoms with van der Waals surface area (Å²) in [6.45, 7) is -0.140. The maximum Gasteiger partial charge on any atom is 0.329 e. The van der Waals surface area contributed by atoms with Crippen molar-refractivity contribution in [2.45, 2.75) is 0 Å². The molecule has 1 aliphatic heterocycles. The number of nitrogens with one attached hydrogen (secondary N) is 2. The number of amides is 4. The van der Waals surface area contributed by atoms with Crippen LogP contribution < -0.4 is 15.5 Å². The minimum atomic E-state index is -0.664. The molecule has 0 bridgehead atoms. The molecule has 6 nitrogen and oxygen atoms in total. The Morgan fingerprint density at radius 3 is 2.83 bits per heavy atom. The van der Waals surface area contributed by atoms with Gasteiger partial charge in [0.2, 0.25) is 11.8 Å². The van der Waals surface area contributed by atoms with E-state index in [0.29, 0.717) is 11.4 Å². The SMILES string of the molecule is O=C(CCl)NC(=O)N1CC(=O)Nc2ccccc21. The highest BCUT2D eigenvalue weighted by Crippen LogP contribution is 2.28. The highest BCUT2D eigenvalue weighted by molar-refractivity contribution is 6.29. The Bertz CT molecular complexity index is 518. The molecule has 0 radical (unpaired) electrons. The molecule has 7 heteroatoms. The van der Waals surface area contributed by atoms with Crippen molar-refractivity contribution in [3.05, 3.63) is 24.3 Å². The van der Waals surface area contributed by atoms with Crippen molar-refractivity contribution in [3.8, 4) is 0 Å². The van der Waals surface area contributed by atoms with Crippen LogP contribution in [0.1, 0.15) is 0 Å². The number of imide groups is 1. The molecule has 0 aliphatic carbocycles. The van der Waals surface area contributed by atoms with E-state index in [9.17, 15) is 14.4 Å². The zero-order valence-corrected chi connectivity index (χ0v) is 10.0. The monoisotopic (exact) mass is 267 g/mol. The van der Waals surface area contributed by atoms with E-state index in [2.05, 4.69) is 10.6 Å². The Morgan fingerprint density at radius 2 is 2.11 bits per heavy atom. The third kappa shape index (κ3) is 2.43. The van der Waals surface area contributed by atoms with Crippen molar-refractivity contribution in [3.63, 3.8) is 0 Å². The Balaban J connectivity index is 2.26. The van der Waals surface area contributed by atoms with Gasteiger partial charge >= 0.3 is 6.03 Å². The van der Waals surface area contributed by atoms with Crippen molar-refractivity contribution in [1.82, 2.24) is 5.32 Å². The lowest BCUT2D eigenvalue weighted by Crippen LogP contribution is -2.49. The number of carbonyl (C=O) groups excluding carboxylic acids is 3. The molecule has 0 unspecified atom stereocenters. The van der Waals surface area contributed by atoms with Crippen LogP contribution in [-0.4, -0.2) is 30.3 Å². The fourth-order valence-electron chi connectivity index (χ4n) is 1.63. The Kier molecular flexibility index (Phi) is 3.47. The maximum absolute atomic E-state index is 11.8. The maximum atomic E-state index is 11.8. The predicted molar refractivity (Wildman–Crippen MR) is 66.7 cm³/mol. The van der Waals surface area contributed by atoms with Gasteiger partial charge in [-0.15, -0.1) is 11.6 Å². The summed E-state index contributed by atoms with van der Waals surface area (Å²) in [4.78, 5) is 35.5. The molecule has 18 heavy (non-hydrogen) atoms.